The van der Waals surface area contributed by atoms with Crippen LogP contribution in [0.25, 0.3) is 0 Å². The number of rotatable bonds is 14. The first-order valence-electron chi connectivity index (χ1n) is 10.8. The zero-order valence-corrected chi connectivity index (χ0v) is 17.9. The van der Waals surface area contributed by atoms with Gasteiger partial charge in [-0.2, -0.15) is 0 Å². The molecule has 154 valence electrons. The highest BCUT2D eigenvalue weighted by Gasteiger charge is 2.10. The van der Waals surface area contributed by atoms with Crippen molar-refractivity contribution in [3.8, 4) is 11.5 Å². The Bertz CT molecular complexity index is 684. The van der Waals surface area contributed by atoms with Crippen LogP contribution in [-0.4, -0.2) is 20.3 Å². The molecule has 0 bridgehead atoms. The molecule has 3 nitrogen and oxygen atoms in total. The summed E-state index contributed by atoms with van der Waals surface area (Å²) >= 11 is 0. The molecule has 0 aliphatic carbocycles. The highest BCUT2D eigenvalue weighted by Crippen LogP contribution is 2.31. The molecular formula is C25H37NO2. The SMILES string of the molecule is CCCCCCCCOc1c(CNCCc2ccccc2C)cccc1OC. The van der Waals surface area contributed by atoms with E-state index < -0.39 is 0 Å². The topological polar surface area (TPSA) is 30.5 Å². The maximum atomic E-state index is 6.14. The molecule has 0 heterocycles. The molecule has 0 spiro atoms. The fourth-order valence-corrected chi connectivity index (χ4v) is 3.42. The van der Waals surface area contributed by atoms with Crippen LogP contribution in [0, 0.1) is 6.92 Å². The van der Waals surface area contributed by atoms with E-state index >= 15 is 0 Å². The van der Waals surface area contributed by atoms with E-state index in [0.29, 0.717) is 0 Å². The van der Waals surface area contributed by atoms with Gasteiger partial charge in [-0.25, -0.2) is 0 Å². The van der Waals surface area contributed by atoms with Crippen molar-refractivity contribution in [3.05, 3.63) is 59.2 Å². The van der Waals surface area contributed by atoms with Crippen LogP contribution in [0.3, 0.4) is 0 Å². The number of nitrogens with one attached hydrogen (secondary N) is 1. The van der Waals surface area contributed by atoms with Gasteiger partial charge in [0.15, 0.2) is 11.5 Å². The van der Waals surface area contributed by atoms with Gasteiger partial charge in [0.05, 0.1) is 13.7 Å². The van der Waals surface area contributed by atoms with Crippen LogP contribution in [0.4, 0.5) is 0 Å². The lowest BCUT2D eigenvalue weighted by Gasteiger charge is -2.16. The maximum absolute atomic E-state index is 6.14. The summed E-state index contributed by atoms with van der Waals surface area (Å²) in [4.78, 5) is 0. The van der Waals surface area contributed by atoms with Gasteiger partial charge in [0.25, 0.3) is 0 Å². The minimum atomic E-state index is 0.753. The van der Waals surface area contributed by atoms with Crippen LogP contribution in [-0.2, 0) is 13.0 Å². The van der Waals surface area contributed by atoms with Crippen molar-refractivity contribution in [2.24, 2.45) is 0 Å². The summed E-state index contributed by atoms with van der Waals surface area (Å²) < 4.78 is 11.7. The number of aryl methyl sites for hydroxylation is 1. The largest absolute Gasteiger partial charge is 0.493 e. The molecule has 1 N–H and O–H groups in total. The normalized spacial score (nSPS) is 10.8. The van der Waals surface area contributed by atoms with Crippen LogP contribution in [0.1, 0.15) is 62.1 Å². The van der Waals surface area contributed by atoms with Gasteiger partial charge in [0.1, 0.15) is 0 Å². The Hall–Kier alpha value is -2.00. The molecule has 0 atom stereocenters. The highest BCUT2D eigenvalue weighted by atomic mass is 16.5. The molecule has 0 fully saturated rings. The molecular weight excluding hydrogens is 346 g/mol. The summed E-state index contributed by atoms with van der Waals surface area (Å²) in [6.07, 6.45) is 8.63. The van der Waals surface area contributed by atoms with Gasteiger partial charge < -0.3 is 14.8 Å². The van der Waals surface area contributed by atoms with E-state index in [9.17, 15) is 0 Å². The Morgan fingerprint density at radius 1 is 0.857 bits per heavy atom. The van der Waals surface area contributed by atoms with E-state index in [4.69, 9.17) is 9.47 Å². The maximum Gasteiger partial charge on any atom is 0.165 e. The molecule has 2 aromatic rings. The van der Waals surface area contributed by atoms with Gasteiger partial charge in [-0.05, 0) is 43.5 Å². The minimum Gasteiger partial charge on any atom is -0.493 e. The minimum absolute atomic E-state index is 0.753. The zero-order chi connectivity index (χ0) is 20.0. The Balaban J connectivity index is 1.81. The smallest absolute Gasteiger partial charge is 0.165 e. The molecule has 0 aromatic heterocycles. The molecule has 0 radical (unpaired) electrons. The molecule has 2 aromatic carbocycles. The Morgan fingerprint density at radius 3 is 2.39 bits per heavy atom. The summed E-state index contributed by atoms with van der Waals surface area (Å²) in [5.74, 6) is 1.71. The van der Waals surface area contributed by atoms with E-state index in [2.05, 4.69) is 49.5 Å². The number of methoxy groups -OCH3 is 1. The monoisotopic (exact) mass is 383 g/mol. The molecule has 0 aliphatic rings. The first kappa shape index (κ1) is 22.3. The van der Waals surface area contributed by atoms with Gasteiger partial charge >= 0.3 is 0 Å². The number of hydrogen-bond acceptors (Lipinski definition) is 3. The van der Waals surface area contributed by atoms with Crippen molar-refractivity contribution in [1.29, 1.82) is 0 Å². The summed E-state index contributed by atoms with van der Waals surface area (Å²) in [6.45, 7) is 6.91. The number of benzene rings is 2. The van der Waals surface area contributed by atoms with Crippen LogP contribution in [0.5, 0.6) is 11.5 Å². The van der Waals surface area contributed by atoms with Crippen molar-refractivity contribution >= 4 is 0 Å². The predicted octanol–water partition coefficient (Wildman–Crippen LogP) is 6.08. The van der Waals surface area contributed by atoms with Crippen LogP contribution >= 0.6 is 0 Å². The Kier molecular flexibility index (Phi) is 10.5. The molecule has 0 aliphatic heterocycles. The molecule has 2 rings (SSSR count). The number of para-hydroxylation sites is 1. The summed E-state index contributed by atoms with van der Waals surface area (Å²) in [5, 5.41) is 3.56. The Labute approximate surface area is 171 Å². The van der Waals surface area contributed by atoms with Crippen LogP contribution < -0.4 is 14.8 Å². The fraction of sp³-hybridized carbons (Fsp3) is 0.520. The van der Waals surface area contributed by atoms with Gasteiger partial charge in [0.2, 0.25) is 0 Å². The second-order valence-corrected chi connectivity index (χ2v) is 7.42. The molecule has 28 heavy (non-hydrogen) atoms. The first-order chi connectivity index (χ1) is 13.8. The quantitative estimate of drug-likeness (QED) is 0.401. The van der Waals surface area contributed by atoms with Crippen molar-refractivity contribution in [3.63, 3.8) is 0 Å². The second kappa shape index (κ2) is 13.2. The van der Waals surface area contributed by atoms with E-state index in [1.165, 1.54) is 43.2 Å². The third-order valence-corrected chi connectivity index (χ3v) is 5.17. The number of hydrogen-bond donors (Lipinski definition) is 1. The first-order valence-corrected chi connectivity index (χ1v) is 10.8. The summed E-state index contributed by atoms with van der Waals surface area (Å²) in [7, 11) is 1.71. The predicted molar refractivity (Wildman–Crippen MR) is 118 cm³/mol. The van der Waals surface area contributed by atoms with Gasteiger partial charge in [-0.1, -0.05) is 75.4 Å². The average molecular weight is 384 g/mol. The lowest BCUT2D eigenvalue weighted by atomic mass is 10.1. The van der Waals surface area contributed by atoms with E-state index in [1.54, 1.807) is 7.11 Å². The molecule has 0 saturated heterocycles. The Morgan fingerprint density at radius 2 is 1.61 bits per heavy atom. The molecule has 0 saturated carbocycles. The molecule has 0 unspecified atom stereocenters. The summed E-state index contributed by atoms with van der Waals surface area (Å²) in [5.41, 5.74) is 3.92. The van der Waals surface area contributed by atoms with Crippen molar-refractivity contribution in [1.82, 2.24) is 5.32 Å². The van der Waals surface area contributed by atoms with E-state index in [1.807, 2.05) is 12.1 Å². The van der Waals surface area contributed by atoms with Crippen LogP contribution in [0.2, 0.25) is 0 Å². The standard InChI is InChI=1S/C25H37NO2/c1-4-5-6-7-8-11-19-28-25-23(15-12-16-24(25)27-3)20-26-18-17-22-14-10-9-13-21(22)2/h9-10,12-16,26H,4-8,11,17-20H2,1-3H3. The van der Waals surface area contributed by atoms with Crippen LogP contribution in [0.15, 0.2) is 42.5 Å². The van der Waals surface area contributed by atoms with Gasteiger partial charge in [0, 0.05) is 12.1 Å². The van der Waals surface area contributed by atoms with Gasteiger partial charge in [-0.15, -0.1) is 0 Å². The average Bonchev–Trinajstić information content (AvgIpc) is 2.72. The zero-order valence-electron chi connectivity index (χ0n) is 17.9. The van der Waals surface area contributed by atoms with Crippen molar-refractivity contribution in [2.45, 2.75) is 65.3 Å². The van der Waals surface area contributed by atoms with Crippen molar-refractivity contribution in [2.75, 3.05) is 20.3 Å². The van der Waals surface area contributed by atoms with E-state index in [0.717, 1.165) is 49.6 Å². The van der Waals surface area contributed by atoms with E-state index in [-0.39, 0.29) is 0 Å². The fourth-order valence-electron chi connectivity index (χ4n) is 3.42. The van der Waals surface area contributed by atoms with Crippen molar-refractivity contribution < 1.29 is 9.47 Å². The highest BCUT2D eigenvalue weighted by molar-refractivity contribution is 5.46. The third kappa shape index (κ3) is 7.55. The lowest BCUT2D eigenvalue weighted by molar-refractivity contribution is 0.281. The van der Waals surface area contributed by atoms with Gasteiger partial charge in [-0.3, -0.25) is 0 Å². The number of unbranched alkanes of at least 4 members (excludes halogenated alkanes) is 5. The third-order valence-electron chi connectivity index (χ3n) is 5.17. The molecule has 3 heteroatoms. The second-order valence-electron chi connectivity index (χ2n) is 7.42. The number of ether oxygens (including phenoxy) is 2. The molecule has 0 amide bonds. The lowest BCUT2D eigenvalue weighted by Crippen LogP contribution is -2.18. The summed E-state index contributed by atoms with van der Waals surface area (Å²) in [6, 6.07) is 14.7.